The zero-order valence-electron chi connectivity index (χ0n) is 24.1. The molecule has 2 unspecified atom stereocenters. The van der Waals surface area contributed by atoms with Crippen LogP contribution in [0, 0.1) is 11.8 Å². The van der Waals surface area contributed by atoms with Gasteiger partial charge in [-0.3, -0.25) is 10.1 Å². The minimum Gasteiger partial charge on any atom is -0.496 e. The van der Waals surface area contributed by atoms with E-state index in [1.54, 1.807) is 25.3 Å². The van der Waals surface area contributed by atoms with Crippen LogP contribution < -0.4 is 20.5 Å². The topological polar surface area (TPSA) is 131 Å². The number of nitrogens with two attached hydrogens (primary N) is 1. The normalized spacial score (nSPS) is 17.4. The summed E-state index contributed by atoms with van der Waals surface area (Å²) in [5, 5.41) is 22.6. The largest absolute Gasteiger partial charge is 0.496 e. The maximum atomic E-state index is 13.1. The lowest BCUT2D eigenvalue weighted by Crippen LogP contribution is -2.42. The lowest BCUT2D eigenvalue weighted by molar-refractivity contribution is -0.128. The van der Waals surface area contributed by atoms with Crippen molar-refractivity contribution in [3.05, 3.63) is 108 Å². The number of carbonyl (C=O) groups excluding carboxylic acids is 1. The van der Waals surface area contributed by atoms with Crippen LogP contribution in [0.5, 0.6) is 5.75 Å². The molecule has 224 valence electrons. The SMILES string of the molecule is COc1ccccc1-c1ccc(CNC(=O)C2CCCC2[C@H](O)NCc2ccc(-c3ccccc3S(N)(=O)=O)cc2)cc1. The van der Waals surface area contributed by atoms with Crippen LogP contribution in [0.2, 0.25) is 0 Å². The number of para-hydroxylation sites is 1. The fourth-order valence-corrected chi connectivity index (χ4v) is 6.59. The maximum Gasteiger partial charge on any atom is 0.238 e. The Balaban J connectivity index is 1.15. The van der Waals surface area contributed by atoms with E-state index < -0.39 is 16.3 Å². The van der Waals surface area contributed by atoms with Gasteiger partial charge in [-0.15, -0.1) is 0 Å². The first kappa shape index (κ1) is 30.4. The third kappa shape index (κ3) is 7.32. The van der Waals surface area contributed by atoms with Gasteiger partial charge >= 0.3 is 0 Å². The molecule has 0 aliphatic heterocycles. The second-order valence-electron chi connectivity index (χ2n) is 10.9. The molecule has 4 aromatic carbocycles. The van der Waals surface area contributed by atoms with Crippen LogP contribution in [0.1, 0.15) is 30.4 Å². The van der Waals surface area contributed by atoms with Crippen LogP contribution in [-0.2, 0) is 27.9 Å². The van der Waals surface area contributed by atoms with Crippen LogP contribution in [-0.4, -0.2) is 32.8 Å². The summed E-state index contributed by atoms with van der Waals surface area (Å²) >= 11 is 0. The van der Waals surface area contributed by atoms with Crippen molar-refractivity contribution in [2.45, 2.75) is 43.5 Å². The van der Waals surface area contributed by atoms with E-state index >= 15 is 0 Å². The van der Waals surface area contributed by atoms with Crippen LogP contribution in [0.25, 0.3) is 22.3 Å². The molecule has 5 rings (SSSR count). The summed E-state index contributed by atoms with van der Waals surface area (Å²) in [6, 6.07) is 30.0. The number of hydrogen-bond acceptors (Lipinski definition) is 6. The van der Waals surface area contributed by atoms with Gasteiger partial charge < -0.3 is 15.2 Å². The van der Waals surface area contributed by atoms with Crippen molar-refractivity contribution in [3.8, 4) is 28.0 Å². The second-order valence-corrected chi connectivity index (χ2v) is 12.4. The summed E-state index contributed by atoms with van der Waals surface area (Å²) in [5.74, 6) is 0.308. The Labute approximate surface area is 253 Å². The molecule has 0 saturated heterocycles. The summed E-state index contributed by atoms with van der Waals surface area (Å²) in [6.07, 6.45) is 1.55. The molecular formula is C34H37N3O5S. The fourth-order valence-electron chi connectivity index (χ4n) is 5.83. The molecule has 1 aliphatic carbocycles. The number of ether oxygens (including phenoxy) is 1. The first-order chi connectivity index (χ1) is 20.7. The Hall–Kier alpha value is -4.02. The van der Waals surface area contributed by atoms with E-state index in [-0.39, 0.29) is 22.6 Å². The number of sulfonamides is 1. The molecule has 0 bridgehead atoms. The number of aliphatic hydroxyl groups excluding tert-OH is 1. The number of benzene rings is 4. The number of primary sulfonamides is 1. The lowest BCUT2D eigenvalue weighted by atomic mass is 9.93. The van der Waals surface area contributed by atoms with Gasteiger partial charge in [-0.2, -0.15) is 0 Å². The number of aliphatic hydroxyl groups is 1. The molecule has 9 heteroatoms. The van der Waals surface area contributed by atoms with Gasteiger partial charge in [0.2, 0.25) is 15.9 Å². The minimum absolute atomic E-state index is 0.0463. The number of rotatable bonds is 11. The quantitative estimate of drug-likeness (QED) is 0.183. The lowest BCUT2D eigenvalue weighted by Gasteiger charge is -2.25. The molecule has 8 nitrogen and oxygen atoms in total. The van der Waals surface area contributed by atoms with E-state index in [1.807, 2.05) is 72.8 Å². The molecule has 1 saturated carbocycles. The molecule has 43 heavy (non-hydrogen) atoms. The van der Waals surface area contributed by atoms with Crippen molar-refractivity contribution in [3.63, 3.8) is 0 Å². The van der Waals surface area contributed by atoms with Crippen LogP contribution >= 0.6 is 0 Å². The summed E-state index contributed by atoms with van der Waals surface area (Å²) in [6.45, 7) is 0.820. The Morgan fingerprint density at radius 2 is 1.44 bits per heavy atom. The van der Waals surface area contributed by atoms with Crippen molar-refractivity contribution in [2.24, 2.45) is 17.0 Å². The minimum atomic E-state index is -3.85. The van der Waals surface area contributed by atoms with Crippen molar-refractivity contribution in [1.29, 1.82) is 0 Å². The highest BCUT2D eigenvalue weighted by Gasteiger charge is 2.37. The molecule has 0 aromatic heterocycles. The van der Waals surface area contributed by atoms with Gasteiger partial charge in [0.25, 0.3) is 0 Å². The monoisotopic (exact) mass is 599 g/mol. The van der Waals surface area contributed by atoms with Gasteiger partial charge in [-0.25, -0.2) is 13.6 Å². The summed E-state index contributed by atoms with van der Waals surface area (Å²) in [5.41, 5.74) is 5.24. The van der Waals surface area contributed by atoms with E-state index in [4.69, 9.17) is 9.88 Å². The molecule has 1 amide bonds. The Bertz CT molecular complexity index is 1660. The predicted molar refractivity (Wildman–Crippen MR) is 167 cm³/mol. The third-order valence-corrected chi connectivity index (χ3v) is 9.09. The van der Waals surface area contributed by atoms with Crippen LogP contribution in [0.15, 0.2) is 102 Å². The summed E-state index contributed by atoms with van der Waals surface area (Å²) in [7, 11) is -2.19. The Morgan fingerprint density at radius 1 is 0.860 bits per heavy atom. The second kappa shape index (κ2) is 13.5. The Morgan fingerprint density at radius 3 is 2.09 bits per heavy atom. The molecule has 0 spiro atoms. The first-order valence-electron chi connectivity index (χ1n) is 14.4. The Kier molecular flexibility index (Phi) is 9.57. The van der Waals surface area contributed by atoms with Gasteiger partial charge in [0.05, 0.1) is 12.0 Å². The van der Waals surface area contributed by atoms with Crippen LogP contribution in [0.4, 0.5) is 0 Å². The fraction of sp³-hybridized carbons (Fsp3) is 0.265. The number of hydrogen-bond donors (Lipinski definition) is 4. The van der Waals surface area contributed by atoms with Crippen LogP contribution in [0.3, 0.4) is 0 Å². The van der Waals surface area contributed by atoms with E-state index in [0.717, 1.165) is 52.8 Å². The van der Waals surface area contributed by atoms with Gasteiger partial charge in [0.1, 0.15) is 12.0 Å². The highest BCUT2D eigenvalue weighted by molar-refractivity contribution is 7.89. The average Bonchev–Trinajstić information content (AvgIpc) is 3.53. The zero-order chi connectivity index (χ0) is 30.4. The van der Waals surface area contributed by atoms with E-state index in [0.29, 0.717) is 18.7 Å². The molecule has 3 atom stereocenters. The van der Waals surface area contributed by atoms with Crippen molar-refractivity contribution < 1.29 is 23.1 Å². The number of amides is 1. The van der Waals surface area contributed by atoms with E-state index in [9.17, 15) is 18.3 Å². The molecule has 1 fully saturated rings. The molecule has 1 aliphatic rings. The highest BCUT2D eigenvalue weighted by atomic mass is 32.2. The van der Waals surface area contributed by atoms with Crippen molar-refractivity contribution in [1.82, 2.24) is 10.6 Å². The van der Waals surface area contributed by atoms with E-state index in [2.05, 4.69) is 10.6 Å². The molecule has 4 aromatic rings. The molecule has 5 N–H and O–H groups in total. The van der Waals surface area contributed by atoms with Gasteiger partial charge in [0.15, 0.2) is 0 Å². The molecule has 0 radical (unpaired) electrons. The first-order valence-corrected chi connectivity index (χ1v) is 15.9. The number of methoxy groups -OCH3 is 1. The highest BCUT2D eigenvalue weighted by Crippen LogP contribution is 2.34. The average molecular weight is 600 g/mol. The standard InChI is InChI=1S/C34H37N3O5S/c1-42-31-11-4-2-7-27(31)25-17-13-23(14-18-25)21-36-33(38)29-9-6-10-30(29)34(39)37-22-24-15-19-26(20-16-24)28-8-3-5-12-32(28)43(35,40)41/h2-5,7-8,11-20,29-30,34,37,39H,6,9-10,21-22H2,1H3,(H,36,38)(H2,35,40,41)/t29?,30?,34-/m0/s1. The van der Waals surface area contributed by atoms with Gasteiger partial charge in [-0.05, 0) is 47.2 Å². The number of carbonyl (C=O) groups is 1. The smallest absolute Gasteiger partial charge is 0.238 e. The van der Waals surface area contributed by atoms with Crippen molar-refractivity contribution >= 4 is 15.9 Å². The summed E-state index contributed by atoms with van der Waals surface area (Å²) in [4.78, 5) is 13.2. The zero-order valence-corrected chi connectivity index (χ0v) is 24.9. The van der Waals surface area contributed by atoms with E-state index in [1.165, 1.54) is 6.07 Å². The molecular weight excluding hydrogens is 562 g/mol. The number of nitrogens with one attached hydrogen (secondary N) is 2. The van der Waals surface area contributed by atoms with Gasteiger partial charge in [0, 0.05) is 36.1 Å². The maximum absolute atomic E-state index is 13.1. The third-order valence-electron chi connectivity index (χ3n) is 8.12. The molecule has 0 heterocycles. The van der Waals surface area contributed by atoms with Gasteiger partial charge in [-0.1, -0.05) is 91.3 Å². The summed E-state index contributed by atoms with van der Waals surface area (Å²) < 4.78 is 29.4. The van der Waals surface area contributed by atoms with Crippen molar-refractivity contribution in [2.75, 3.05) is 7.11 Å². The predicted octanol–water partition coefficient (Wildman–Crippen LogP) is 4.82.